The highest BCUT2D eigenvalue weighted by atomic mass is 35.5. The highest BCUT2D eigenvalue weighted by Crippen LogP contribution is 2.38. The van der Waals surface area contributed by atoms with Gasteiger partial charge < -0.3 is 5.32 Å². The summed E-state index contributed by atoms with van der Waals surface area (Å²) in [5, 5.41) is 6.24. The van der Waals surface area contributed by atoms with E-state index in [-0.39, 0.29) is 11.1 Å². The van der Waals surface area contributed by atoms with Crippen LogP contribution in [0.1, 0.15) is 5.56 Å². The molecule has 2 aromatic heterocycles. The van der Waals surface area contributed by atoms with Crippen LogP contribution in [0.4, 0.5) is 15.9 Å². The maximum absolute atomic E-state index is 13.5. The number of hydrogen-bond acceptors (Lipinski definition) is 4. The van der Waals surface area contributed by atoms with Crippen LogP contribution in [-0.2, 0) is 0 Å². The van der Waals surface area contributed by atoms with Crippen molar-refractivity contribution in [3.05, 3.63) is 70.6 Å². The Morgan fingerprint density at radius 1 is 1.08 bits per heavy atom. The molecule has 0 spiro atoms. The number of aromatic nitrogens is 2. The van der Waals surface area contributed by atoms with Gasteiger partial charge in [-0.1, -0.05) is 35.9 Å². The Bertz CT molecular complexity index is 1060. The fourth-order valence-electron chi connectivity index (χ4n) is 2.65. The van der Waals surface area contributed by atoms with Gasteiger partial charge in [-0.15, -0.1) is 11.3 Å². The highest BCUT2D eigenvalue weighted by Gasteiger charge is 2.15. The van der Waals surface area contributed by atoms with E-state index in [9.17, 15) is 4.39 Å². The van der Waals surface area contributed by atoms with Crippen molar-refractivity contribution in [1.29, 1.82) is 0 Å². The molecular formula is C19H13ClFN3S. The molecule has 1 N–H and O–H groups in total. The van der Waals surface area contributed by atoms with Crippen molar-refractivity contribution in [3.8, 4) is 11.1 Å². The van der Waals surface area contributed by atoms with Gasteiger partial charge in [-0.25, -0.2) is 9.37 Å². The number of fused-ring (bicyclic) bond motifs is 1. The second kappa shape index (κ2) is 6.43. The maximum Gasteiger partial charge on any atom is 0.225 e. The van der Waals surface area contributed by atoms with Crippen LogP contribution in [-0.4, -0.2) is 9.97 Å². The van der Waals surface area contributed by atoms with Gasteiger partial charge >= 0.3 is 0 Å². The lowest BCUT2D eigenvalue weighted by atomic mass is 10.0. The topological polar surface area (TPSA) is 37.8 Å². The SMILES string of the molecule is Cc1ccc(-c2csc3nc(Cl)nc(Nc4cccc(F)c4)c23)cc1. The summed E-state index contributed by atoms with van der Waals surface area (Å²) in [7, 11) is 0. The summed E-state index contributed by atoms with van der Waals surface area (Å²) in [5.41, 5.74) is 3.90. The van der Waals surface area contributed by atoms with Crippen LogP contribution in [0, 0.1) is 12.7 Å². The number of hydrogen-bond donors (Lipinski definition) is 1. The normalized spacial score (nSPS) is 11.0. The molecule has 3 nitrogen and oxygen atoms in total. The quantitative estimate of drug-likeness (QED) is 0.437. The molecule has 2 aromatic carbocycles. The van der Waals surface area contributed by atoms with Crippen LogP contribution in [0.15, 0.2) is 53.9 Å². The van der Waals surface area contributed by atoms with E-state index in [1.165, 1.54) is 29.0 Å². The molecule has 0 fully saturated rings. The second-order valence-electron chi connectivity index (χ2n) is 5.67. The first kappa shape index (κ1) is 16.0. The molecule has 2 heterocycles. The summed E-state index contributed by atoms with van der Waals surface area (Å²) in [6.07, 6.45) is 0. The van der Waals surface area contributed by atoms with Crippen LogP contribution >= 0.6 is 22.9 Å². The minimum absolute atomic E-state index is 0.156. The molecule has 0 atom stereocenters. The first-order chi connectivity index (χ1) is 12.1. The lowest BCUT2D eigenvalue weighted by molar-refractivity contribution is 0.628. The number of thiophene rings is 1. The van der Waals surface area contributed by atoms with E-state index in [4.69, 9.17) is 11.6 Å². The third-order valence-corrected chi connectivity index (χ3v) is 4.90. The van der Waals surface area contributed by atoms with Crippen LogP contribution < -0.4 is 5.32 Å². The standard InChI is InChI=1S/C19H13ClFN3S/c1-11-5-7-12(8-6-11)15-10-25-18-16(15)17(23-19(20)24-18)22-14-4-2-3-13(21)9-14/h2-10H,1H3,(H,22,23,24). The third-order valence-electron chi connectivity index (χ3n) is 3.86. The molecule has 0 bridgehead atoms. The van der Waals surface area contributed by atoms with Crippen molar-refractivity contribution in [3.63, 3.8) is 0 Å². The minimum atomic E-state index is -0.314. The highest BCUT2D eigenvalue weighted by molar-refractivity contribution is 7.17. The first-order valence-electron chi connectivity index (χ1n) is 7.64. The van der Waals surface area contributed by atoms with Crippen LogP contribution in [0.5, 0.6) is 0 Å². The van der Waals surface area contributed by atoms with Gasteiger partial charge in [0.2, 0.25) is 5.28 Å². The lowest BCUT2D eigenvalue weighted by Crippen LogP contribution is -1.97. The van der Waals surface area contributed by atoms with E-state index in [2.05, 4.69) is 46.5 Å². The van der Waals surface area contributed by atoms with Gasteiger partial charge in [-0.3, -0.25) is 0 Å². The molecule has 6 heteroatoms. The molecule has 25 heavy (non-hydrogen) atoms. The van der Waals surface area contributed by atoms with Gasteiger partial charge in [0.1, 0.15) is 16.5 Å². The molecule has 0 amide bonds. The number of halogens is 2. The summed E-state index contributed by atoms with van der Waals surface area (Å²) < 4.78 is 13.5. The zero-order valence-corrected chi connectivity index (χ0v) is 14.8. The summed E-state index contributed by atoms with van der Waals surface area (Å²) in [4.78, 5) is 9.43. The molecular weight excluding hydrogens is 357 g/mol. The molecule has 124 valence electrons. The number of nitrogens with zero attached hydrogens (tertiary/aromatic N) is 2. The molecule has 4 rings (SSSR count). The van der Waals surface area contributed by atoms with Crippen LogP contribution in [0.3, 0.4) is 0 Å². The Labute approximate surface area is 153 Å². The Kier molecular flexibility index (Phi) is 4.11. The van der Waals surface area contributed by atoms with Crippen LogP contribution in [0.2, 0.25) is 5.28 Å². The Hall–Kier alpha value is -2.50. The first-order valence-corrected chi connectivity index (χ1v) is 8.90. The molecule has 0 saturated heterocycles. The number of benzene rings is 2. The largest absolute Gasteiger partial charge is 0.339 e. The molecule has 4 aromatic rings. The van der Waals surface area contributed by atoms with Crippen molar-refractivity contribution < 1.29 is 4.39 Å². The minimum Gasteiger partial charge on any atom is -0.339 e. The predicted octanol–water partition coefficient (Wildman–Crippen LogP) is 6.20. The zero-order valence-electron chi connectivity index (χ0n) is 13.3. The van der Waals surface area contributed by atoms with Crippen molar-refractivity contribution in [1.82, 2.24) is 9.97 Å². The molecule has 0 radical (unpaired) electrons. The van der Waals surface area contributed by atoms with Crippen LogP contribution in [0.25, 0.3) is 21.3 Å². The molecule has 0 aliphatic carbocycles. The van der Waals surface area contributed by atoms with Crippen molar-refractivity contribution in [2.75, 3.05) is 5.32 Å². The summed E-state index contributed by atoms with van der Waals surface area (Å²) >= 11 is 7.57. The maximum atomic E-state index is 13.5. The van der Waals surface area contributed by atoms with E-state index in [0.29, 0.717) is 11.5 Å². The molecule has 0 unspecified atom stereocenters. The van der Waals surface area contributed by atoms with Crippen molar-refractivity contribution in [2.24, 2.45) is 0 Å². The van der Waals surface area contributed by atoms with E-state index >= 15 is 0 Å². The third kappa shape index (κ3) is 3.21. The molecule has 0 saturated carbocycles. The number of anilines is 2. The van der Waals surface area contributed by atoms with E-state index in [1.54, 1.807) is 12.1 Å². The van der Waals surface area contributed by atoms with Gasteiger partial charge in [0.25, 0.3) is 0 Å². The smallest absolute Gasteiger partial charge is 0.225 e. The van der Waals surface area contributed by atoms with E-state index in [1.807, 2.05) is 5.38 Å². The predicted molar refractivity (Wildman–Crippen MR) is 102 cm³/mol. The number of rotatable bonds is 3. The number of aryl methyl sites for hydroxylation is 1. The van der Waals surface area contributed by atoms with Gasteiger partial charge in [-0.05, 0) is 42.3 Å². The van der Waals surface area contributed by atoms with Gasteiger partial charge in [0, 0.05) is 16.6 Å². The monoisotopic (exact) mass is 369 g/mol. The second-order valence-corrected chi connectivity index (χ2v) is 6.87. The Balaban J connectivity index is 1.88. The summed E-state index contributed by atoms with van der Waals surface area (Å²) in [5.74, 6) is 0.253. The Morgan fingerprint density at radius 3 is 2.64 bits per heavy atom. The fourth-order valence-corrected chi connectivity index (χ4v) is 3.82. The summed E-state index contributed by atoms with van der Waals surface area (Å²) in [6, 6.07) is 14.5. The lowest BCUT2D eigenvalue weighted by Gasteiger charge is -2.09. The summed E-state index contributed by atoms with van der Waals surface area (Å²) in [6.45, 7) is 2.05. The molecule has 0 aliphatic rings. The Morgan fingerprint density at radius 2 is 1.88 bits per heavy atom. The fraction of sp³-hybridized carbons (Fsp3) is 0.0526. The van der Waals surface area contributed by atoms with E-state index < -0.39 is 0 Å². The number of nitrogens with one attached hydrogen (secondary N) is 1. The van der Waals surface area contributed by atoms with Gasteiger partial charge in [0.05, 0.1) is 5.39 Å². The van der Waals surface area contributed by atoms with E-state index in [0.717, 1.165) is 21.3 Å². The molecule has 0 aliphatic heterocycles. The van der Waals surface area contributed by atoms with Gasteiger partial charge in [0.15, 0.2) is 0 Å². The van der Waals surface area contributed by atoms with Crippen molar-refractivity contribution >= 4 is 44.7 Å². The zero-order chi connectivity index (χ0) is 17.4. The van der Waals surface area contributed by atoms with Crippen molar-refractivity contribution in [2.45, 2.75) is 6.92 Å². The average molecular weight is 370 g/mol. The van der Waals surface area contributed by atoms with Gasteiger partial charge in [-0.2, -0.15) is 4.98 Å². The average Bonchev–Trinajstić information content (AvgIpc) is 2.99.